The molecule has 1 unspecified atom stereocenters. The Morgan fingerprint density at radius 2 is 1.88 bits per heavy atom. The van der Waals surface area contributed by atoms with E-state index in [2.05, 4.69) is 10.0 Å². The first-order valence-electron chi connectivity index (χ1n) is 6.02. The van der Waals surface area contributed by atoms with Gasteiger partial charge in [0.25, 0.3) is 10.2 Å². The van der Waals surface area contributed by atoms with Crippen LogP contribution in [0.4, 0.5) is 0 Å². The maximum Gasteiger partial charge on any atom is 0.280 e. The van der Waals surface area contributed by atoms with Crippen LogP contribution in [0.1, 0.15) is 33.1 Å². The van der Waals surface area contributed by atoms with Crippen molar-refractivity contribution in [3.8, 4) is 0 Å². The van der Waals surface area contributed by atoms with Gasteiger partial charge in [0.1, 0.15) is 0 Å². The van der Waals surface area contributed by atoms with Gasteiger partial charge in [0.05, 0.1) is 0 Å². The van der Waals surface area contributed by atoms with Gasteiger partial charge in [0.15, 0.2) is 0 Å². The van der Waals surface area contributed by atoms with Crippen LogP contribution < -0.4 is 10.0 Å². The van der Waals surface area contributed by atoms with Crippen molar-refractivity contribution in [2.75, 3.05) is 13.1 Å². The number of nitrogens with zero attached hydrogens (tertiary/aromatic N) is 1. The minimum atomic E-state index is -3.30. The fraction of sp³-hybridized carbons (Fsp3) is 1.00. The van der Waals surface area contributed by atoms with Crippen molar-refractivity contribution in [3.63, 3.8) is 0 Å². The number of hydrogen-bond donors (Lipinski definition) is 2. The SMILES string of the molecule is CC(C)NS(=O)(=O)N(C1CC1)C1CCNC1.Cl. The molecule has 2 N–H and O–H groups in total. The molecule has 2 aliphatic rings. The van der Waals surface area contributed by atoms with Gasteiger partial charge in [-0.3, -0.25) is 0 Å². The summed E-state index contributed by atoms with van der Waals surface area (Å²) in [6.45, 7) is 5.42. The number of nitrogens with one attached hydrogen (secondary N) is 2. The topological polar surface area (TPSA) is 61.4 Å². The second-order valence-electron chi connectivity index (χ2n) is 4.99. The van der Waals surface area contributed by atoms with Gasteiger partial charge in [-0.15, -0.1) is 12.4 Å². The average Bonchev–Trinajstić information content (AvgIpc) is 2.78. The quantitative estimate of drug-likeness (QED) is 0.771. The molecule has 102 valence electrons. The minimum Gasteiger partial charge on any atom is -0.315 e. The van der Waals surface area contributed by atoms with Crippen molar-refractivity contribution >= 4 is 22.6 Å². The van der Waals surface area contributed by atoms with Gasteiger partial charge in [0, 0.05) is 24.7 Å². The first-order valence-corrected chi connectivity index (χ1v) is 7.46. The highest BCUT2D eigenvalue weighted by atomic mass is 35.5. The smallest absolute Gasteiger partial charge is 0.280 e. The largest absolute Gasteiger partial charge is 0.315 e. The van der Waals surface area contributed by atoms with E-state index in [1.54, 1.807) is 4.31 Å². The Bertz CT molecular complexity index is 337. The standard InChI is InChI=1S/C10H21N3O2S.ClH/c1-8(2)12-16(14,15)13(9-3-4-9)10-5-6-11-7-10;/h8-12H,3-7H2,1-2H3;1H. The fourth-order valence-corrected chi connectivity index (χ4v) is 4.13. The third-order valence-electron chi connectivity index (χ3n) is 2.96. The van der Waals surface area contributed by atoms with Crippen LogP contribution in [-0.4, -0.2) is 43.9 Å². The van der Waals surface area contributed by atoms with Gasteiger partial charge < -0.3 is 5.32 Å². The van der Waals surface area contributed by atoms with E-state index in [-0.39, 0.29) is 30.5 Å². The summed E-state index contributed by atoms with van der Waals surface area (Å²) in [6.07, 6.45) is 2.94. The maximum absolute atomic E-state index is 12.2. The summed E-state index contributed by atoms with van der Waals surface area (Å²) < 4.78 is 28.8. The van der Waals surface area contributed by atoms with Crippen LogP contribution in [0, 0.1) is 0 Å². The highest BCUT2D eigenvalue weighted by Gasteiger charge is 2.42. The zero-order valence-electron chi connectivity index (χ0n) is 10.3. The minimum absolute atomic E-state index is 0. The molecule has 1 saturated heterocycles. The van der Waals surface area contributed by atoms with Crippen LogP contribution in [0.25, 0.3) is 0 Å². The average molecular weight is 284 g/mol. The van der Waals surface area contributed by atoms with Crippen LogP contribution in [0.15, 0.2) is 0 Å². The lowest BCUT2D eigenvalue weighted by Crippen LogP contribution is -2.50. The third-order valence-corrected chi connectivity index (χ3v) is 4.88. The molecule has 0 aromatic rings. The Kier molecular flexibility index (Phi) is 5.21. The number of halogens is 1. The molecule has 0 amide bonds. The molecule has 5 nitrogen and oxygen atoms in total. The molecule has 0 aromatic carbocycles. The fourth-order valence-electron chi connectivity index (χ4n) is 2.24. The molecule has 1 aliphatic heterocycles. The summed E-state index contributed by atoms with van der Waals surface area (Å²) in [6, 6.07) is 0.338. The van der Waals surface area contributed by atoms with Crippen LogP contribution in [-0.2, 0) is 10.2 Å². The third kappa shape index (κ3) is 3.79. The molecule has 0 aromatic heterocycles. The van der Waals surface area contributed by atoms with E-state index in [0.717, 1.165) is 32.4 Å². The lowest BCUT2D eigenvalue weighted by molar-refractivity contribution is 0.320. The molecule has 2 rings (SSSR count). The van der Waals surface area contributed by atoms with Gasteiger partial charge >= 0.3 is 0 Å². The monoisotopic (exact) mass is 283 g/mol. The Labute approximate surface area is 110 Å². The Morgan fingerprint density at radius 3 is 2.29 bits per heavy atom. The molecular weight excluding hydrogens is 262 g/mol. The second kappa shape index (κ2) is 5.84. The molecule has 2 fully saturated rings. The summed E-state index contributed by atoms with van der Waals surface area (Å²) in [4.78, 5) is 0. The second-order valence-corrected chi connectivity index (χ2v) is 6.59. The molecule has 0 spiro atoms. The molecule has 0 bridgehead atoms. The van der Waals surface area contributed by atoms with E-state index >= 15 is 0 Å². The summed E-state index contributed by atoms with van der Waals surface area (Å²) in [5, 5.41) is 3.23. The Hall–Kier alpha value is 0.120. The molecule has 1 aliphatic carbocycles. The summed E-state index contributed by atoms with van der Waals surface area (Å²) >= 11 is 0. The van der Waals surface area contributed by atoms with E-state index in [0.29, 0.717) is 0 Å². The van der Waals surface area contributed by atoms with E-state index in [1.807, 2.05) is 13.8 Å². The van der Waals surface area contributed by atoms with Gasteiger partial charge in [-0.1, -0.05) is 0 Å². The lowest BCUT2D eigenvalue weighted by Gasteiger charge is -2.28. The van der Waals surface area contributed by atoms with Crippen molar-refractivity contribution in [1.82, 2.24) is 14.3 Å². The van der Waals surface area contributed by atoms with E-state index in [9.17, 15) is 8.42 Å². The number of rotatable bonds is 5. The maximum atomic E-state index is 12.2. The number of hydrogen-bond acceptors (Lipinski definition) is 3. The highest BCUT2D eigenvalue weighted by Crippen LogP contribution is 2.32. The van der Waals surface area contributed by atoms with E-state index < -0.39 is 10.2 Å². The Balaban J connectivity index is 0.00000144. The van der Waals surface area contributed by atoms with E-state index in [4.69, 9.17) is 0 Å². The van der Waals surface area contributed by atoms with Crippen LogP contribution in [0.3, 0.4) is 0 Å². The van der Waals surface area contributed by atoms with Crippen molar-refractivity contribution in [3.05, 3.63) is 0 Å². The molecule has 17 heavy (non-hydrogen) atoms. The summed E-state index contributed by atoms with van der Waals surface area (Å²) in [5.41, 5.74) is 0. The van der Waals surface area contributed by atoms with Crippen molar-refractivity contribution in [1.29, 1.82) is 0 Å². The summed E-state index contributed by atoms with van der Waals surface area (Å²) in [5.74, 6) is 0. The van der Waals surface area contributed by atoms with Gasteiger partial charge in [-0.05, 0) is 39.7 Å². The van der Waals surface area contributed by atoms with Crippen LogP contribution in [0.5, 0.6) is 0 Å². The molecule has 7 heteroatoms. The van der Waals surface area contributed by atoms with Gasteiger partial charge in [-0.2, -0.15) is 17.4 Å². The van der Waals surface area contributed by atoms with Crippen molar-refractivity contribution in [2.24, 2.45) is 0 Å². The van der Waals surface area contributed by atoms with E-state index in [1.165, 1.54) is 0 Å². The normalized spacial score (nSPS) is 25.3. The first-order chi connectivity index (χ1) is 7.50. The lowest BCUT2D eigenvalue weighted by atomic mass is 10.2. The predicted octanol–water partition coefficient (Wildman–Crippen LogP) is 0.477. The predicted molar refractivity (Wildman–Crippen MR) is 70.6 cm³/mol. The van der Waals surface area contributed by atoms with Gasteiger partial charge in [0.2, 0.25) is 0 Å². The van der Waals surface area contributed by atoms with Crippen LogP contribution >= 0.6 is 12.4 Å². The van der Waals surface area contributed by atoms with Crippen LogP contribution in [0.2, 0.25) is 0 Å². The van der Waals surface area contributed by atoms with Crippen molar-refractivity contribution in [2.45, 2.75) is 51.2 Å². The van der Waals surface area contributed by atoms with Gasteiger partial charge in [-0.25, -0.2) is 0 Å². The highest BCUT2D eigenvalue weighted by molar-refractivity contribution is 7.87. The Morgan fingerprint density at radius 1 is 1.24 bits per heavy atom. The molecule has 1 heterocycles. The molecular formula is C10H22ClN3O2S. The molecule has 1 saturated carbocycles. The zero-order valence-corrected chi connectivity index (χ0v) is 12.0. The molecule has 0 radical (unpaired) electrons. The first kappa shape index (κ1) is 15.2. The molecule has 1 atom stereocenters. The van der Waals surface area contributed by atoms with Crippen molar-refractivity contribution < 1.29 is 8.42 Å². The zero-order chi connectivity index (χ0) is 11.8. The summed E-state index contributed by atoms with van der Waals surface area (Å²) in [7, 11) is -3.30.